The molecule has 358 valence electrons. The van der Waals surface area contributed by atoms with Gasteiger partial charge >= 0.3 is 5.97 Å². The molecular formula is C55H103NO5. The summed E-state index contributed by atoms with van der Waals surface area (Å²) in [5.41, 5.74) is 0. The van der Waals surface area contributed by atoms with Gasteiger partial charge in [0.1, 0.15) is 0 Å². The van der Waals surface area contributed by atoms with Gasteiger partial charge in [0.15, 0.2) is 0 Å². The highest BCUT2D eigenvalue weighted by molar-refractivity contribution is 5.76. The van der Waals surface area contributed by atoms with Crippen molar-refractivity contribution in [2.24, 2.45) is 0 Å². The van der Waals surface area contributed by atoms with Crippen molar-refractivity contribution in [3.05, 3.63) is 36.5 Å². The lowest BCUT2D eigenvalue weighted by atomic mass is 10.0. The van der Waals surface area contributed by atoms with Gasteiger partial charge in [0.2, 0.25) is 5.91 Å². The van der Waals surface area contributed by atoms with Crippen LogP contribution in [0.2, 0.25) is 0 Å². The fourth-order valence-corrected chi connectivity index (χ4v) is 8.02. The number of carbonyl (C=O) groups excluding carboxylic acids is 2. The molecular weight excluding hydrogens is 755 g/mol. The number of unbranched alkanes of at least 4 members (excludes halogenated alkanes) is 34. The Kier molecular flexibility index (Phi) is 49.1. The summed E-state index contributed by atoms with van der Waals surface area (Å²) in [4.78, 5) is 24.5. The number of hydrogen-bond donors (Lipinski definition) is 3. The SMILES string of the molecule is CCCCC/C=C\C/C=C\CCCCCCCCCC(=O)OCCCCCCCCCCCCCCCCCCC(=O)NC(CO)C(O)/C=C/CCCCCCCCCCC. The molecule has 6 nitrogen and oxygen atoms in total. The topological polar surface area (TPSA) is 95.9 Å². The predicted octanol–water partition coefficient (Wildman–Crippen LogP) is 16.1. The van der Waals surface area contributed by atoms with E-state index in [1.165, 1.54) is 193 Å². The summed E-state index contributed by atoms with van der Waals surface area (Å²) in [7, 11) is 0. The number of amides is 1. The van der Waals surface area contributed by atoms with Crippen LogP contribution in [0.15, 0.2) is 36.5 Å². The van der Waals surface area contributed by atoms with E-state index in [0.29, 0.717) is 19.4 Å². The molecule has 0 aliphatic heterocycles. The lowest BCUT2D eigenvalue weighted by Gasteiger charge is -2.20. The highest BCUT2D eigenvalue weighted by Crippen LogP contribution is 2.16. The highest BCUT2D eigenvalue weighted by Gasteiger charge is 2.18. The van der Waals surface area contributed by atoms with Crippen molar-refractivity contribution in [3.8, 4) is 0 Å². The van der Waals surface area contributed by atoms with E-state index in [4.69, 9.17) is 4.74 Å². The van der Waals surface area contributed by atoms with E-state index in [1.54, 1.807) is 6.08 Å². The number of aliphatic hydroxyl groups excluding tert-OH is 2. The summed E-state index contributed by atoms with van der Waals surface area (Å²) < 4.78 is 5.47. The van der Waals surface area contributed by atoms with Crippen LogP contribution in [0, 0.1) is 0 Å². The predicted molar refractivity (Wildman–Crippen MR) is 264 cm³/mol. The molecule has 0 spiro atoms. The van der Waals surface area contributed by atoms with Crippen molar-refractivity contribution >= 4 is 11.9 Å². The van der Waals surface area contributed by atoms with E-state index in [9.17, 15) is 19.8 Å². The minimum absolute atomic E-state index is 0.00623. The number of aliphatic hydroxyl groups is 2. The maximum atomic E-state index is 12.4. The quantitative estimate of drug-likeness (QED) is 0.0322. The molecule has 0 aromatic carbocycles. The Morgan fingerprint density at radius 1 is 0.459 bits per heavy atom. The monoisotopic (exact) mass is 858 g/mol. The van der Waals surface area contributed by atoms with Crippen LogP contribution in [0.25, 0.3) is 0 Å². The first-order valence-electron chi connectivity index (χ1n) is 26.8. The van der Waals surface area contributed by atoms with E-state index < -0.39 is 12.1 Å². The molecule has 0 aromatic rings. The molecule has 6 heteroatoms. The molecule has 0 aliphatic carbocycles. The average Bonchev–Trinajstić information content (AvgIpc) is 3.26. The van der Waals surface area contributed by atoms with Gasteiger partial charge in [-0.25, -0.2) is 0 Å². The molecule has 0 radical (unpaired) electrons. The maximum Gasteiger partial charge on any atom is 0.305 e. The zero-order chi connectivity index (χ0) is 44.4. The number of hydrogen-bond acceptors (Lipinski definition) is 5. The van der Waals surface area contributed by atoms with Crippen molar-refractivity contribution in [1.82, 2.24) is 5.32 Å². The number of ether oxygens (including phenoxy) is 1. The molecule has 0 rings (SSSR count). The second-order valence-electron chi connectivity index (χ2n) is 18.2. The molecule has 3 N–H and O–H groups in total. The van der Waals surface area contributed by atoms with Crippen molar-refractivity contribution in [1.29, 1.82) is 0 Å². The van der Waals surface area contributed by atoms with Gasteiger partial charge in [-0.15, -0.1) is 0 Å². The van der Waals surface area contributed by atoms with Gasteiger partial charge in [-0.3, -0.25) is 9.59 Å². The minimum atomic E-state index is -0.848. The zero-order valence-electron chi connectivity index (χ0n) is 40.6. The molecule has 0 saturated carbocycles. The first-order chi connectivity index (χ1) is 30.0. The largest absolute Gasteiger partial charge is 0.466 e. The van der Waals surface area contributed by atoms with Gasteiger partial charge in [-0.05, 0) is 64.2 Å². The molecule has 61 heavy (non-hydrogen) atoms. The smallest absolute Gasteiger partial charge is 0.305 e. The van der Waals surface area contributed by atoms with E-state index in [1.807, 2.05) is 6.08 Å². The summed E-state index contributed by atoms with van der Waals surface area (Å²) >= 11 is 0. The Bertz CT molecular complexity index is 993. The lowest BCUT2D eigenvalue weighted by Crippen LogP contribution is -2.45. The van der Waals surface area contributed by atoms with Crippen LogP contribution in [0.5, 0.6) is 0 Å². The van der Waals surface area contributed by atoms with Crippen LogP contribution >= 0.6 is 0 Å². The van der Waals surface area contributed by atoms with Crippen molar-refractivity contribution < 1.29 is 24.5 Å². The number of allylic oxidation sites excluding steroid dienone is 5. The molecule has 1 amide bonds. The Labute approximate surface area is 379 Å². The van der Waals surface area contributed by atoms with Crippen molar-refractivity contribution in [3.63, 3.8) is 0 Å². The summed E-state index contributed by atoms with van der Waals surface area (Å²) in [6.45, 7) is 4.84. The fourth-order valence-electron chi connectivity index (χ4n) is 8.02. The Morgan fingerprint density at radius 3 is 1.28 bits per heavy atom. The van der Waals surface area contributed by atoms with Crippen LogP contribution in [0.4, 0.5) is 0 Å². The molecule has 0 saturated heterocycles. The van der Waals surface area contributed by atoms with Crippen LogP contribution in [-0.4, -0.2) is 47.4 Å². The first kappa shape index (κ1) is 59.1. The number of rotatable bonds is 49. The Balaban J connectivity index is 3.43. The van der Waals surface area contributed by atoms with Gasteiger partial charge in [0.25, 0.3) is 0 Å². The highest BCUT2D eigenvalue weighted by atomic mass is 16.5. The third-order valence-electron chi connectivity index (χ3n) is 12.2. The molecule has 0 aliphatic rings. The van der Waals surface area contributed by atoms with Crippen molar-refractivity contribution in [2.45, 2.75) is 289 Å². The third kappa shape index (κ3) is 47.4. The Morgan fingerprint density at radius 2 is 0.820 bits per heavy atom. The molecule has 0 fully saturated rings. The average molecular weight is 858 g/mol. The normalized spacial score (nSPS) is 12.9. The van der Waals surface area contributed by atoms with E-state index in [0.717, 1.165) is 57.8 Å². The van der Waals surface area contributed by atoms with Gasteiger partial charge in [0.05, 0.1) is 25.4 Å². The summed E-state index contributed by atoms with van der Waals surface area (Å²) in [5.74, 6) is -0.0830. The van der Waals surface area contributed by atoms with Crippen LogP contribution in [0.1, 0.15) is 277 Å². The number of nitrogens with one attached hydrogen (secondary N) is 1. The molecule has 0 heterocycles. The van der Waals surface area contributed by atoms with Crippen LogP contribution in [-0.2, 0) is 14.3 Å². The molecule has 2 unspecified atom stereocenters. The fraction of sp³-hybridized carbons (Fsp3) is 0.855. The number of carbonyl (C=O) groups is 2. The van der Waals surface area contributed by atoms with Crippen LogP contribution in [0.3, 0.4) is 0 Å². The zero-order valence-corrected chi connectivity index (χ0v) is 40.6. The Hall–Kier alpha value is -1.92. The number of esters is 1. The van der Waals surface area contributed by atoms with Crippen molar-refractivity contribution in [2.75, 3.05) is 13.2 Å². The minimum Gasteiger partial charge on any atom is -0.466 e. The van der Waals surface area contributed by atoms with Gasteiger partial charge in [0, 0.05) is 12.8 Å². The van der Waals surface area contributed by atoms with E-state index in [2.05, 4.69) is 43.5 Å². The standard InChI is InChI=1S/C55H103NO5/c1-3-5-7-9-11-13-15-16-17-18-22-25-29-33-37-41-45-49-55(60)61-50-46-42-38-34-30-26-23-20-19-21-24-28-32-36-40-44-48-54(59)56-52(51-57)53(58)47-43-39-35-31-27-14-12-10-8-6-4-2/h11,13,16-17,43,47,52-53,57-58H,3-10,12,14-15,18-42,44-46,48-51H2,1-2H3,(H,56,59)/b13-11-,17-16-,47-43+. The van der Waals surface area contributed by atoms with Gasteiger partial charge < -0.3 is 20.3 Å². The lowest BCUT2D eigenvalue weighted by molar-refractivity contribution is -0.143. The summed E-state index contributed by atoms with van der Waals surface area (Å²) in [5, 5.41) is 23.0. The van der Waals surface area contributed by atoms with Gasteiger partial charge in [-0.2, -0.15) is 0 Å². The van der Waals surface area contributed by atoms with Crippen LogP contribution < -0.4 is 5.32 Å². The maximum absolute atomic E-state index is 12.4. The summed E-state index contributed by atoms with van der Waals surface area (Å²) in [6, 6.07) is -0.632. The summed E-state index contributed by atoms with van der Waals surface area (Å²) in [6.07, 6.45) is 61.5. The first-order valence-corrected chi connectivity index (χ1v) is 26.8. The molecule has 0 aromatic heterocycles. The molecule has 0 bridgehead atoms. The van der Waals surface area contributed by atoms with Gasteiger partial charge in [-0.1, -0.05) is 237 Å². The van der Waals surface area contributed by atoms with E-state index >= 15 is 0 Å². The van der Waals surface area contributed by atoms with E-state index in [-0.39, 0.29) is 18.5 Å². The third-order valence-corrected chi connectivity index (χ3v) is 12.2. The molecule has 2 atom stereocenters. The second-order valence-corrected chi connectivity index (χ2v) is 18.2. The second kappa shape index (κ2) is 50.7.